The zero-order valence-corrected chi connectivity index (χ0v) is 22.1. The second-order valence-corrected chi connectivity index (χ2v) is 9.52. The number of halogens is 1. The number of aromatic hydroxyl groups is 1. The summed E-state index contributed by atoms with van der Waals surface area (Å²) >= 11 is 6.22. The number of nitrogens with one attached hydrogen (secondary N) is 1. The standard InChI is InChI=1S/C27H23ClN6O3.CH2O2/c1-14(24-21(15-6-8-30-9-7-15)19-4-2-3-5-20(19)27(36)37-24)34-26-22(25(29)31-13-32-26)23(33-34)16-10-17(28)12-18(35)11-16;2-1-3/h2-6,10-14,30,35H,7-9H2,1H3,(H2,29,31,32);1H,(H,2,3). The molecule has 204 valence electrons. The van der Waals surface area contributed by atoms with E-state index in [9.17, 15) is 9.90 Å². The van der Waals surface area contributed by atoms with Gasteiger partial charge in [0, 0.05) is 22.7 Å². The molecule has 0 spiro atoms. The van der Waals surface area contributed by atoms with Crippen molar-refractivity contribution in [1.29, 1.82) is 0 Å². The first-order valence-corrected chi connectivity index (χ1v) is 12.7. The maximum absolute atomic E-state index is 13.1. The number of rotatable bonds is 4. The molecule has 40 heavy (non-hydrogen) atoms. The number of aromatic nitrogens is 4. The van der Waals surface area contributed by atoms with Crippen molar-refractivity contribution in [2.24, 2.45) is 0 Å². The van der Waals surface area contributed by atoms with Crippen molar-refractivity contribution in [3.05, 3.63) is 81.6 Å². The van der Waals surface area contributed by atoms with Crippen LogP contribution in [0.3, 0.4) is 0 Å². The predicted molar refractivity (Wildman–Crippen MR) is 152 cm³/mol. The summed E-state index contributed by atoms with van der Waals surface area (Å²) in [4.78, 5) is 30.1. The molecule has 1 unspecified atom stereocenters. The Kier molecular flexibility index (Phi) is 7.50. The maximum atomic E-state index is 13.1. The lowest BCUT2D eigenvalue weighted by atomic mass is 9.92. The van der Waals surface area contributed by atoms with Gasteiger partial charge in [-0.25, -0.2) is 19.4 Å². The largest absolute Gasteiger partial charge is 0.508 e. The van der Waals surface area contributed by atoms with Gasteiger partial charge in [-0.3, -0.25) is 4.79 Å². The third-order valence-corrected chi connectivity index (χ3v) is 6.89. The average molecular weight is 561 g/mol. The molecule has 6 rings (SSSR count). The lowest BCUT2D eigenvalue weighted by Crippen LogP contribution is -2.22. The number of carboxylic acid groups (broad SMARTS) is 1. The molecule has 5 N–H and O–H groups in total. The molecule has 0 fully saturated rings. The third kappa shape index (κ3) is 4.88. The molecule has 1 aliphatic rings. The Hall–Kier alpha value is -4.74. The van der Waals surface area contributed by atoms with Gasteiger partial charge in [0.05, 0.1) is 10.8 Å². The molecule has 0 aliphatic carbocycles. The Bertz CT molecular complexity index is 1810. The highest BCUT2D eigenvalue weighted by molar-refractivity contribution is 6.31. The molecule has 3 aromatic heterocycles. The minimum Gasteiger partial charge on any atom is -0.508 e. The van der Waals surface area contributed by atoms with Crippen LogP contribution in [0.15, 0.2) is 64.1 Å². The number of anilines is 1. The first kappa shape index (κ1) is 26.9. The molecule has 5 aromatic rings. The Morgan fingerprint density at radius 1 is 1.20 bits per heavy atom. The quantitative estimate of drug-likeness (QED) is 0.233. The van der Waals surface area contributed by atoms with Crippen LogP contribution in [0.1, 0.15) is 30.7 Å². The van der Waals surface area contributed by atoms with Crippen molar-refractivity contribution in [2.45, 2.75) is 19.4 Å². The van der Waals surface area contributed by atoms with E-state index in [4.69, 9.17) is 36.8 Å². The van der Waals surface area contributed by atoms with Crippen molar-refractivity contribution in [3.63, 3.8) is 0 Å². The van der Waals surface area contributed by atoms with Gasteiger partial charge in [-0.2, -0.15) is 5.10 Å². The normalized spacial score (nSPS) is 13.9. The Labute approximate surface area is 232 Å². The molecule has 0 saturated carbocycles. The van der Waals surface area contributed by atoms with Crippen LogP contribution in [-0.4, -0.2) is 49.5 Å². The Balaban J connectivity index is 0.00000103. The summed E-state index contributed by atoms with van der Waals surface area (Å²) < 4.78 is 7.69. The summed E-state index contributed by atoms with van der Waals surface area (Å²) in [6.07, 6.45) is 4.29. The Morgan fingerprint density at radius 2 is 1.95 bits per heavy atom. The minimum atomic E-state index is -0.526. The van der Waals surface area contributed by atoms with E-state index in [1.807, 2.05) is 25.1 Å². The molecule has 0 bridgehead atoms. The van der Waals surface area contributed by atoms with Crippen molar-refractivity contribution in [1.82, 2.24) is 25.1 Å². The Morgan fingerprint density at radius 3 is 2.65 bits per heavy atom. The molecule has 11 nitrogen and oxygen atoms in total. The van der Waals surface area contributed by atoms with E-state index in [0.717, 1.165) is 36.0 Å². The number of nitrogen functional groups attached to an aromatic ring is 1. The average Bonchev–Trinajstić information content (AvgIpc) is 3.34. The number of phenolic OH excluding ortho intramolecular Hbond substituents is 1. The van der Waals surface area contributed by atoms with Crippen LogP contribution in [0.5, 0.6) is 5.75 Å². The van der Waals surface area contributed by atoms with Crippen LogP contribution >= 0.6 is 11.6 Å². The summed E-state index contributed by atoms with van der Waals surface area (Å²) in [5.74, 6) is 0.715. The monoisotopic (exact) mass is 560 g/mol. The lowest BCUT2D eigenvalue weighted by molar-refractivity contribution is -0.122. The molecule has 1 atom stereocenters. The molecule has 1 aliphatic heterocycles. The van der Waals surface area contributed by atoms with Crippen molar-refractivity contribution in [3.8, 4) is 17.0 Å². The predicted octanol–water partition coefficient (Wildman–Crippen LogP) is 4.23. The van der Waals surface area contributed by atoms with Gasteiger partial charge in [-0.15, -0.1) is 0 Å². The molecule has 2 aromatic carbocycles. The fourth-order valence-corrected chi connectivity index (χ4v) is 5.21. The minimum absolute atomic E-state index is 0.00525. The van der Waals surface area contributed by atoms with Gasteiger partial charge in [0.1, 0.15) is 35.4 Å². The van der Waals surface area contributed by atoms with E-state index in [-0.39, 0.29) is 18.0 Å². The van der Waals surface area contributed by atoms with Gasteiger partial charge in [-0.1, -0.05) is 35.9 Å². The number of fused-ring (bicyclic) bond motifs is 2. The van der Waals surface area contributed by atoms with Gasteiger partial charge in [0.2, 0.25) is 0 Å². The number of hydrogen-bond acceptors (Lipinski definition) is 9. The van der Waals surface area contributed by atoms with Gasteiger partial charge in [0.15, 0.2) is 5.65 Å². The lowest BCUT2D eigenvalue weighted by Gasteiger charge is -2.21. The highest BCUT2D eigenvalue weighted by Crippen LogP contribution is 2.38. The van der Waals surface area contributed by atoms with Crippen LogP contribution in [0.4, 0.5) is 5.82 Å². The van der Waals surface area contributed by atoms with E-state index in [2.05, 4.69) is 21.4 Å². The van der Waals surface area contributed by atoms with Gasteiger partial charge in [0.25, 0.3) is 6.47 Å². The topological polar surface area (TPSA) is 169 Å². The molecular weight excluding hydrogens is 536 g/mol. The smallest absolute Gasteiger partial charge is 0.343 e. The zero-order chi connectivity index (χ0) is 28.4. The van der Waals surface area contributed by atoms with Gasteiger partial charge < -0.3 is 25.7 Å². The van der Waals surface area contributed by atoms with Crippen LogP contribution < -0.4 is 16.7 Å². The molecule has 0 radical (unpaired) electrons. The van der Waals surface area contributed by atoms with Gasteiger partial charge in [-0.05, 0) is 55.1 Å². The highest BCUT2D eigenvalue weighted by atomic mass is 35.5. The SMILES string of the molecule is CC(c1oc(=O)c2ccccc2c1C1=CCNCC1)n1nc(-c2cc(O)cc(Cl)c2)c2c(N)ncnc21.O=CO. The number of benzene rings is 2. The van der Waals surface area contributed by atoms with E-state index < -0.39 is 11.7 Å². The second-order valence-electron chi connectivity index (χ2n) is 9.09. The molecule has 0 saturated heterocycles. The van der Waals surface area contributed by atoms with Crippen molar-refractivity contribution < 1.29 is 19.4 Å². The van der Waals surface area contributed by atoms with Crippen LogP contribution in [0.25, 0.3) is 38.6 Å². The molecule has 0 amide bonds. The second kappa shape index (κ2) is 11.2. The van der Waals surface area contributed by atoms with Crippen LogP contribution in [-0.2, 0) is 4.79 Å². The fourth-order valence-electron chi connectivity index (χ4n) is 4.98. The van der Waals surface area contributed by atoms with Crippen LogP contribution in [0.2, 0.25) is 5.02 Å². The zero-order valence-electron chi connectivity index (χ0n) is 21.3. The first-order chi connectivity index (χ1) is 19.3. The number of hydrogen-bond donors (Lipinski definition) is 4. The van der Waals surface area contributed by atoms with Crippen molar-refractivity contribution in [2.75, 3.05) is 18.8 Å². The summed E-state index contributed by atoms with van der Waals surface area (Å²) in [6, 6.07) is 11.6. The van der Waals surface area contributed by atoms with E-state index in [1.54, 1.807) is 22.9 Å². The maximum Gasteiger partial charge on any atom is 0.343 e. The number of nitrogens with zero attached hydrogens (tertiary/aromatic N) is 4. The number of nitrogens with two attached hydrogens (primary N) is 1. The summed E-state index contributed by atoms with van der Waals surface area (Å²) in [6.45, 7) is 3.21. The van der Waals surface area contributed by atoms with Crippen LogP contribution in [0, 0.1) is 0 Å². The fraction of sp³-hybridized carbons (Fsp3) is 0.179. The number of carbonyl (C=O) groups is 1. The molecule has 12 heteroatoms. The van der Waals surface area contributed by atoms with E-state index in [1.165, 1.54) is 12.4 Å². The summed E-state index contributed by atoms with van der Waals surface area (Å²) in [5.41, 5.74) is 9.34. The van der Waals surface area contributed by atoms with E-state index >= 15 is 0 Å². The first-order valence-electron chi connectivity index (χ1n) is 12.4. The number of phenols is 1. The van der Waals surface area contributed by atoms with E-state index in [0.29, 0.717) is 38.5 Å². The molecule has 4 heterocycles. The van der Waals surface area contributed by atoms with Gasteiger partial charge >= 0.3 is 5.63 Å². The molecular formula is C28H25ClN6O5. The van der Waals surface area contributed by atoms with Crippen molar-refractivity contribution >= 4 is 51.3 Å². The highest BCUT2D eigenvalue weighted by Gasteiger charge is 2.27. The third-order valence-electron chi connectivity index (χ3n) is 6.67. The summed E-state index contributed by atoms with van der Waals surface area (Å²) in [7, 11) is 0. The summed E-state index contributed by atoms with van der Waals surface area (Å²) in [5, 5.41) is 27.5.